The van der Waals surface area contributed by atoms with E-state index in [1.807, 2.05) is 21.1 Å². The number of rotatable bonds is 37. The smallest absolute Gasteiger partial charge is 0.306 e. The van der Waals surface area contributed by atoms with Crippen LogP contribution in [0.4, 0.5) is 0 Å². The van der Waals surface area contributed by atoms with E-state index in [4.69, 9.17) is 18.5 Å². The number of phosphoric acid groups is 1. The van der Waals surface area contributed by atoms with Gasteiger partial charge in [-0.05, 0) is 44.9 Å². The van der Waals surface area contributed by atoms with Crippen molar-refractivity contribution in [1.82, 2.24) is 0 Å². The third-order valence-corrected chi connectivity index (χ3v) is 9.64. The third kappa shape index (κ3) is 38.0. The van der Waals surface area contributed by atoms with Gasteiger partial charge in [0.2, 0.25) is 0 Å². The minimum atomic E-state index is -4.62. The molecule has 2 unspecified atom stereocenters. The van der Waals surface area contributed by atoms with Crippen LogP contribution >= 0.6 is 7.82 Å². The molecule has 0 heterocycles. The Hall–Kier alpha value is -1.77. The van der Waals surface area contributed by atoms with Crippen LogP contribution in [0.15, 0.2) is 36.5 Å². The fourth-order valence-corrected chi connectivity index (χ4v) is 6.16. The summed E-state index contributed by atoms with van der Waals surface area (Å²) in [5.41, 5.74) is 0. The molecule has 0 radical (unpaired) electrons. The Morgan fingerprint density at radius 1 is 0.615 bits per heavy atom. The highest BCUT2D eigenvalue weighted by Gasteiger charge is 2.21. The van der Waals surface area contributed by atoms with Crippen molar-refractivity contribution in [3.63, 3.8) is 0 Å². The zero-order valence-electron chi connectivity index (χ0n) is 34.0. The summed E-state index contributed by atoms with van der Waals surface area (Å²) in [6.45, 7) is 4.09. The van der Waals surface area contributed by atoms with Gasteiger partial charge in [0.05, 0.1) is 27.7 Å². The van der Waals surface area contributed by atoms with E-state index in [0.29, 0.717) is 23.9 Å². The minimum Gasteiger partial charge on any atom is -0.756 e. The monoisotopic (exact) mass is 756 g/mol. The van der Waals surface area contributed by atoms with E-state index in [2.05, 4.69) is 50.3 Å². The van der Waals surface area contributed by atoms with E-state index in [-0.39, 0.29) is 26.1 Å². The third-order valence-electron chi connectivity index (χ3n) is 8.67. The van der Waals surface area contributed by atoms with Crippen molar-refractivity contribution in [1.29, 1.82) is 0 Å². The number of hydrogen-bond acceptors (Lipinski definition) is 8. The molecule has 9 nitrogen and oxygen atoms in total. The Labute approximate surface area is 319 Å². The average molecular weight is 756 g/mol. The van der Waals surface area contributed by atoms with Gasteiger partial charge in [0.15, 0.2) is 6.10 Å². The summed E-state index contributed by atoms with van der Waals surface area (Å²) in [6.07, 6.45) is 37.4. The largest absolute Gasteiger partial charge is 0.756 e. The first-order valence-electron chi connectivity index (χ1n) is 20.7. The molecule has 0 aliphatic heterocycles. The van der Waals surface area contributed by atoms with E-state index in [1.165, 1.54) is 57.8 Å². The van der Waals surface area contributed by atoms with Crippen molar-refractivity contribution in [2.75, 3.05) is 47.5 Å². The van der Waals surface area contributed by atoms with Gasteiger partial charge in [0, 0.05) is 12.8 Å². The molecule has 0 aromatic carbocycles. The predicted octanol–water partition coefficient (Wildman–Crippen LogP) is 10.7. The van der Waals surface area contributed by atoms with Gasteiger partial charge < -0.3 is 27.9 Å². The van der Waals surface area contributed by atoms with Crippen LogP contribution in [-0.2, 0) is 32.7 Å². The van der Waals surface area contributed by atoms with Gasteiger partial charge in [-0.1, -0.05) is 147 Å². The summed E-state index contributed by atoms with van der Waals surface area (Å²) in [5.74, 6) is -0.853. The Morgan fingerprint density at radius 3 is 1.63 bits per heavy atom. The second kappa shape index (κ2) is 35.0. The van der Waals surface area contributed by atoms with Crippen LogP contribution in [0.2, 0.25) is 0 Å². The maximum absolute atomic E-state index is 12.6. The van der Waals surface area contributed by atoms with Gasteiger partial charge >= 0.3 is 11.9 Å². The van der Waals surface area contributed by atoms with E-state index in [9.17, 15) is 19.0 Å². The first-order chi connectivity index (χ1) is 25.0. The van der Waals surface area contributed by atoms with Crippen LogP contribution in [0.1, 0.15) is 168 Å². The first-order valence-corrected chi connectivity index (χ1v) is 22.2. The van der Waals surface area contributed by atoms with Crippen molar-refractivity contribution in [3.8, 4) is 0 Å². The topological polar surface area (TPSA) is 111 Å². The summed E-state index contributed by atoms with van der Waals surface area (Å²) in [7, 11) is 1.15. The molecule has 0 aliphatic rings. The molecule has 10 heteroatoms. The Bertz CT molecular complexity index is 991. The zero-order chi connectivity index (χ0) is 38.6. The molecular weight excluding hydrogens is 677 g/mol. The fourth-order valence-electron chi connectivity index (χ4n) is 5.43. The minimum absolute atomic E-state index is 0.0332. The van der Waals surface area contributed by atoms with Gasteiger partial charge in [-0.15, -0.1) is 0 Å². The Kier molecular flexibility index (Phi) is 33.8. The van der Waals surface area contributed by atoms with Crippen molar-refractivity contribution in [2.45, 2.75) is 174 Å². The lowest BCUT2D eigenvalue weighted by Crippen LogP contribution is -2.37. The number of esters is 2. The average Bonchev–Trinajstić information content (AvgIpc) is 3.09. The van der Waals surface area contributed by atoms with Gasteiger partial charge in [0.1, 0.15) is 19.8 Å². The molecule has 0 aliphatic carbocycles. The summed E-state index contributed by atoms with van der Waals surface area (Å²) in [4.78, 5) is 37.4. The molecule has 0 spiro atoms. The number of carbonyl (C=O) groups excluding carboxylic acids is 2. The molecule has 0 bridgehead atoms. The lowest BCUT2D eigenvalue weighted by atomic mass is 10.0. The molecule has 0 saturated heterocycles. The van der Waals surface area contributed by atoms with Crippen molar-refractivity contribution >= 4 is 19.8 Å². The number of likely N-dealkylation sites (N-methyl/N-ethyl adjacent to an activating group) is 1. The number of phosphoric ester groups is 1. The molecule has 0 rings (SSSR count). The van der Waals surface area contributed by atoms with Gasteiger partial charge in [-0.25, -0.2) is 0 Å². The number of allylic oxidation sites excluding steroid dienone is 6. The molecule has 0 aromatic heterocycles. The predicted molar refractivity (Wildman–Crippen MR) is 213 cm³/mol. The molecule has 0 fully saturated rings. The Morgan fingerprint density at radius 2 is 1.10 bits per heavy atom. The molecule has 304 valence electrons. The van der Waals surface area contributed by atoms with Gasteiger partial charge in [0.25, 0.3) is 7.82 Å². The lowest BCUT2D eigenvalue weighted by molar-refractivity contribution is -0.870. The Balaban J connectivity index is 4.41. The number of ether oxygens (including phenoxy) is 2. The number of hydrogen-bond donors (Lipinski definition) is 0. The van der Waals surface area contributed by atoms with Crippen LogP contribution in [-0.4, -0.2) is 70.0 Å². The fraction of sp³-hybridized carbons (Fsp3) is 0.810. The van der Waals surface area contributed by atoms with Crippen molar-refractivity contribution in [2.24, 2.45) is 0 Å². The van der Waals surface area contributed by atoms with Crippen LogP contribution in [0.25, 0.3) is 0 Å². The summed E-state index contributed by atoms with van der Waals surface area (Å²) >= 11 is 0. The molecule has 52 heavy (non-hydrogen) atoms. The van der Waals surface area contributed by atoms with E-state index in [0.717, 1.165) is 70.6 Å². The first kappa shape index (κ1) is 50.2. The molecule has 0 saturated carbocycles. The molecule has 0 aromatic rings. The van der Waals surface area contributed by atoms with Gasteiger partial charge in [-0.3, -0.25) is 14.2 Å². The number of unbranched alkanes of at least 4 members (excludes halogenated alkanes) is 17. The second-order valence-electron chi connectivity index (χ2n) is 15.0. The SMILES string of the molecule is CC/C=C\C/C=C\C/C=C\CCCCCCCC(=O)OCC(COP(=O)([O-])OCC[N+](C)(C)C)OC(=O)CCCCCCCCCCCCCCC. The summed E-state index contributed by atoms with van der Waals surface area (Å²) in [5, 5.41) is 0. The van der Waals surface area contributed by atoms with E-state index in [1.54, 1.807) is 0 Å². The summed E-state index contributed by atoms with van der Waals surface area (Å²) < 4.78 is 33.8. The standard InChI is InChI=1S/C42H78NO8P/c1-6-8-10-12-14-16-18-20-21-23-24-26-28-30-32-34-41(44)48-38-40(39-50-52(46,47)49-37-36-43(3,4)5)51-42(45)35-33-31-29-27-25-22-19-17-15-13-11-9-7-2/h8,10,14,16,20-21,40H,6-7,9,11-13,15,17-19,22-39H2,1-5H3/b10-8-,16-14-,21-20-. The zero-order valence-corrected chi connectivity index (χ0v) is 34.9. The summed E-state index contributed by atoms with van der Waals surface area (Å²) in [6, 6.07) is 0. The lowest BCUT2D eigenvalue weighted by Gasteiger charge is -2.28. The molecular formula is C42H78NO8P. The highest BCUT2D eigenvalue weighted by Crippen LogP contribution is 2.38. The molecule has 2 atom stereocenters. The second-order valence-corrected chi connectivity index (χ2v) is 16.4. The maximum Gasteiger partial charge on any atom is 0.306 e. The van der Waals surface area contributed by atoms with Crippen LogP contribution in [0, 0.1) is 0 Å². The van der Waals surface area contributed by atoms with Gasteiger partial charge in [-0.2, -0.15) is 0 Å². The molecule has 0 N–H and O–H groups in total. The number of nitrogens with zero attached hydrogens (tertiary/aromatic N) is 1. The highest BCUT2D eigenvalue weighted by atomic mass is 31.2. The normalized spacial score (nSPS) is 14.0. The van der Waals surface area contributed by atoms with Crippen molar-refractivity contribution in [3.05, 3.63) is 36.5 Å². The maximum atomic E-state index is 12.6. The highest BCUT2D eigenvalue weighted by molar-refractivity contribution is 7.45. The molecule has 0 amide bonds. The van der Waals surface area contributed by atoms with Crippen LogP contribution in [0.5, 0.6) is 0 Å². The number of carbonyl (C=O) groups is 2. The van der Waals surface area contributed by atoms with Crippen LogP contribution < -0.4 is 4.89 Å². The quantitative estimate of drug-likeness (QED) is 0.0203. The van der Waals surface area contributed by atoms with Crippen LogP contribution in [0.3, 0.4) is 0 Å². The van der Waals surface area contributed by atoms with Crippen molar-refractivity contribution < 1.29 is 42.1 Å². The number of quaternary nitrogens is 1. The van der Waals surface area contributed by atoms with E-state index >= 15 is 0 Å². The van der Waals surface area contributed by atoms with E-state index < -0.39 is 32.5 Å².